The van der Waals surface area contributed by atoms with Gasteiger partial charge in [-0.2, -0.15) is 5.10 Å². The van der Waals surface area contributed by atoms with E-state index in [0.29, 0.717) is 22.5 Å². The van der Waals surface area contributed by atoms with Crippen LogP contribution in [-0.2, 0) is 6.54 Å². The predicted molar refractivity (Wildman–Crippen MR) is 72.2 cm³/mol. The first kappa shape index (κ1) is 12.4. The maximum atomic E-state index is 11.9. The summed E-state index contributed by atoms with van der Waals surface area (Å²) < 4.78 is 1.91. The summed E-state index contributed by atoms with van der Waals surface area (Å²) in [5.74, 6) is 0. The van der Waals surface area contributed by atoms with Gasteiger partial charge in [-0.15, -0.1) is 6.58 Å². The van der Waals surface area contributed by atoms with Gasteiger partial charge in [0.1, 0.15) is 4.47 Å². The van der Waals surface area contributed by atoms with Crippen molar-refractivity contribution < 1.29 is 0 Å². The lowest BCUT2D eigenvalue weighted by molar-refractivity contribution is 0.626. The quantitative estimate of drug-likeness (QED) is 0.868. The highest BCUT2D eigenvalue weighted by Crippen LogP contribution is 2.46. The minimum atomic E-state index is -0.131. The van der Waals surface area contributed by atoms with Crippen molar-refractivity contribution in [2.75, 3.05) is 5.32 Å². The largest absolute Gasteiger partial charge is 0.379 e. The molecule has 0 aliphatic heterocycles. The highest BCUT2D eigenvalue weighted by molar-refractivity contribution is 9.10. The predicted octanol–water partition coefficient (Wildman–Crippen LogP) is 2.40. The second-order valence-corrected chi connectivity index (χ2v) is 5.83. The smallest absolute Gasteiger partial charge is 0.283 e. The van der Waals surface area contributed by atoms with Gasteiger partial charge in [0.25, 0.3) is 5.56 Å². The lowest BCUT2D eigenvalue weighted by Gasteiger charge is -2.10. The molecule has 92 valence electrons. The Hall–Kier alpha value is -1.10. The summed E-state index contributed by atoms with van der Waals surface area (Å²) in [6.07, 6.45) is 4.45. The molecule has 17 heavy (non-hydrogen) atoms. The molecule has 0 spiro atoms. The lowest BCUT2D eigenvalue weighted by atomic mass is 10.2. The van der Waals surface area contributed by atoms with Crippen LogP contribution in [0.1, 0.15) is 20.3 Å². The molecule has 0 amide bonds. The molecule has 5 heteroatoms. The minimum Gasteiger partial charge on any atom is -0.379 e. The molecule has 1 atom stereocenters. The molecular formula is C12H16BrN3O. The second kappa shape index (κ2) is 4.29. The van der Waals surface area contributed by atoms with Crippen LogP contribution in [-0.4, -0.2) is 15.8 Å². The van der Waals surface area contributed by atoms with Crippen molar-refractivity contribution in [1.29, 1.82) is 0 Å². The Labute approximate surface area is 109 Å². The summed E-state index contributed by atoms with van der Waals surface area (Å²) in [6, 6.07) is 0.426. The van der Waals surface area contributed by atoms with E-state index in [1.807, 2.05) is 0 Å². The van der Waals surface area contributed by atoms with Gasteiger partial charge < -0.3 is 5.32 Å². The summed E-state index contributed by atoms with van der Waals surface area (Å²) in [6.45, 7) is 8.42. The zero-order valence-corrected chi connectivity index (χ0v) is 11.6. The molecule has 0 radical (unpaired) electrons. The van der Waals surface area contributed by atoms with Crippen molar-refractivity contribution in [3.8, 4) is 0 Å². The number of aromatic nitrogens is 2. The highest BCUT2D eigenvalue weighted by atomic mass is 79.9. The SMILES string of the molecule is C=CCn1ncc(NC2CC2(C)C)c(Br)c1=O. The molecule has 1 fully saturated rings. The standard InChI is InChI=1S/C12H16BrN3O/c1-4-5-16-11(17)10(13)8(7-14-16)15-9-6-12(9,2)3/h4,7,9,15H,1,5-6H2,2-3H3. The number of rotatable bonds is 4. The normalized spacial score (nSPS) is 21.0. The van der Waals surface area contributed by atoms with E-state index in [1.54, 1.807) is 12.3 Å². The van der Waals surface area contributed by atoms with Gasteiger partial charge in [-0.3, -0.25) is 4.79 Å². The molecule has 1 aliphatic rings. The Bertz CT molecular complexity index is 507. The minimum absolute atomic E-state index is 0.131. The highest BCUT2D eigenvalue weighted by Gasteiger charge is 2.45. The van der Waals surface area contributed by atoms with Crippen molar-refractivity contribution >= 4 is 21.6 Å². The van der Waals surface area contributed by atoms with E-state index < -0.39 is 0 Å². The Morgan fingerprint density at radius 3 is 2.94 bits per heavy atom. The summed E-state index contributed by atoms with van der Waals surface area (Å²) in [4.78, 5) is 11.9. The molecule has 2 rings (SSSR count). The third-order valence-corrected chi connectivity index (χ3v) is 3.90. The number of hydrogen-bond acceptors (Lipinski definition) is 3. The number of nitrogens with zero attached hydrogens (tertiary/aromatic N) is 2. The van der Waals surface area contributed by atoms with E-state index in [2.05, 4.69) is 46.8 Å². The van der Waals surface area contributed by atoms with Gasteiger partial charge in [0.2, 0.25) is 0 Å². The fourth-order valence-corrected chi connectivity index (χ4v) is 2.14. The first-order chi connectivity index (χ1) is 7.95. The van der Waals surface area contributed by atoms with Crippen molar-refractivity contribution in [3.05, 3.63) is 33.7 Å². The van der Waals surface area contributed by atoms with Gasteiger partial charge in [0.05, 0.1) is 18.4 Å². The fourth-order valence-electron chi connectivity index (χ4n) is 1.72. The molecule has 4 nitrogen and oxygen atoms in total. The number of hydrogen-bond donors (Lipinski definition) is 1. The van der Waals surface area contributed by atoms with E-state index in [0.717, 1.165) is 12.1 Å². The monoisotopic (exact) mass is 297 g/mol. The van der Waals surface area contributed by atoms with Crippen molar-refractivity contribution in [3.63, 3.8) is 0 Å². The molecular weight excluding hydrogens is 282 g/mol. The van der Waals surface area contributed by atoms with Crippen LogP contribution in [0.2, 0.25) is 0 Å². The Kier molecular flexibility index (Phi) is 3.12. The summed E-state index contributed by atoms with van der Waals surface area (Å²) in [5.41, 5.74) is 0.953. The maximum Gasteiger partial charge on any atom is 0.283 e. The average Bonchev–Trinajstić information content (AvgIpc) is 2.86. The molecule has 1 unspecified atom stereocenters. The van der Waals surface area contributed by atoms with Crippen molar-refractivity contribution in [2.24, 2.45) is 5.41 Å². The van der Waals surface area contributed by atoms with Crippen LogP contribution < -0.4 is 10.9 Å². The fraction of sp³-hybridized carbons (Fsp3) is 0.500. The molecule has 1 aromatic heterocycles. The van der Waals surface area contributed by atoms with Gasteiger partial charge in [0.15, 0.2) is 0 Å². The topological polar surface area (TPSA) is 46.9 Å². The third-order valence-electron chi connectivity index (χ3n) is 3.13. The second-order valence-electron chi connectivity index (χ2n) is 5.04. The molecule has 1 saturated carbocycles. The van der Waals surface area contributed by atoms with Crippen LogP contribution in [0, 0.1) is 5.41 Å². The number of nitrogens with one attached hydrogen (secondary N) is 1. The van der Waals surface area contributed by atoms with Crippen LogP contribution in [0.25, 0.3) is 0 Å². The van der Waals surface area contributed by atoms with Gasteiger partial charge in [-0.1, -0.05) is 19.9 Å². The van der Waals surface area contributed by atoms with Crippen LogP contribution in [0.15, 0.2) is 28.1 Å². The third kappa shape index (κ3) is 2.44. The Morgan fingerprint density at radius 1 is 1.76 bits per heavy atom. The van der Waals surface area contributed by atoms with Gasteiger partial charge >= 0.3 is 0 Å². The average molecular weight is 298 g/mol. The van der Waals surface area contributed by atoms with E-state index in [9.17, 15) is 4.79 Å². The van der Waals surface area contributed by atoms with Crippen LogP contribution >= 0.6 is 15.9 Å². The van der Waals surface area contributed by atoms with Gasteiger partial charge in [-0.25, -0.2) is 4.68 Å². The van der Waals surface area contributed by atoms with E-state index in [-0.39, 0.29) is 5.56 Å². The van der Waals surface area contributed by atoms with E-state index in [1.165, 1.54) is 4.68 Å². The molecule has 1 heterocycles. The first-order valence-electron chi connectivity index (χ1n) is 5.59. The van der Waals surface area contributed by atoms with Crippen LogP contribution in [0.4, 0.5) is 5.69 Å². The number of allylic oxidation sites excluding steroid dienone is 1. The number of halogens is 1. The maximum absolute atomic E-state index is 11.9. The van der Waals surface area contributed by atoms with Crippen LogP contribution in [0.3, 0.4) is 0 Å². The Balaban J connectivity index is 2.22. The molecule has 0 bridgehead atoms. The zero-order valence-electron chi connectivity index (χ0n) is 10.0. The van der Waals surface area contributed by atoms with E-state index >= 15 is 0 Å². The molecule has 1 N–H and O–H groups in total. The first-order valence-corrected chi connectivity index (χ1v) is 6.38. The summed E-state index contributed by atoms with van der Waals surface area (Å²) >= 11 is 3.32. The zero-order chi connectivity index (χ0) is 12.6. The molecule has 0 aromatic carbocycles. The molecule has 1 aromatic rings. The van der Waals surface area contributed by atoms with Crippen LogP contribution in [0.5, 0.6) is 0 Å². The lowest BCUT2D eigenvalue weighted by Crippen LogP contribution is -2.24. The van der Waals surface area contributed by atoms with Crippen molar-refractivity contribution in [2.45, 2.75) is 32.9 Å². The van der Waals surface area contributed by atoms with E-state index in [4.69, 9.17) is 0 Å². The molecule has 1 aliphatic carbocycles. The molecule has 0 saturated heterocycles. The Morgan fingerprint density at radius 2 is 2.41 bits per heavy atom. The van der Waals surface area contributed by atoms with Gasteiger partial charge in [-0.05, 0) is 27.8 Å². The van der Waals surface area contributed by atoms with Crippen molar-refractivity contribution in [1.82, 2.24) is 9.78 Å². The summed E-state index contributed by atoms with van der Waals surface area (Å²) in [5, 5.41) is 7.43. The van der Waals surface area contributed by atoms with Gasteiger partial charge in [0, 0.05) is 6.04 Å². The number of anilines is 1. The summed E-state index contributed by atoms with van der Waals surface area (Å²) in [7, 11) is 0.